The Bertz CT molecular complexity index is 515. The first-order valence-corrected chi connectivity index (χ1v) is 9.22. The Labute approximate surface area is 138 Å². The van der Waals surface area contributed by atoms with E-state index in [0.29, 0.717) is 11.5 Å². The van der Waals surface area contributed by atoms with Gasteiger partial charge in [-0.05, 0) is 38.9 Å². The maximum atomic E-state index is 12.6. The summed E-state index contributed by atoms with van der Waals surface area (Å²) >= 11 is 1.50. The quantitative estimate of drug-likeness (QED) is 0.604. The standard InChI is InChI=1S/C17H29N3OS/c1-10(2)8-9-12(5)18-16(21)14-13(6)19-15(11(3)4)20-17(14)22-7/h10-12H,8-9H2,1-7H3,(H,18,21). The minimum absolute atomic E-state index is 0.0617. The summed E-state index contributed by atoms with van der Waals surface area (Å²) in [7, 11) is 0. The van der Waals surface area contributed by atoms with Crippen LogP contribution >= 0.6 is 11.8 Å². The third-order valence-electron chi connectivity index (χ3n) is 3.57. The number of nitrogens with zero attached hydrogens (tertiary/aromatic N) is 2. The molecule has 0 saturated heterocycles. The van der Waals surface area contributed by atoms with Crippen molar-refractivity contribution < 1.29 is 4.79 Å². The van der Waals surface area contributed by atoms with E-state index in [1.54, 1.807) is 0 Å². The first kappa shape index (κ1) is 18.9. The summed E-state index contributed by atoms with van der Waals surface area (Å²) in [5, 5.41) is 3.85. The first-order valence-electron chi connectivity index (χ1n) is 7.99. The SMILES string of the molecule is CSc1nc(C(C)C)nc(C)c1C(=O)NC(C)CCC(C)C. The molecule has 1 amide bonds. The second-order valence-electron chi connectivity index (χ2n) is 6.55. The molecule has 124 valence electrons. The van der Waals surface area contributed by atoms with Crippen LogP contribution in [0.3, 0.4) is 0 Å². The first-order chi connectivity index (χ1) is 10.3. The Morgan fingerprint density at radius 1 is 1.14 bits per heavy atom. The summed E-state index contributed by atoms with van der Waals surface area (Å²) in [6.07, 6.45) is 4.05. The molecule has 1 heterocycles. The average molecular weight is 324 g/mol. The van der Waals surface area contributed by atoms with Crippen LogP contribution in [0, 0.1) is 12.8 Å². The van der Waals surface area contributed by atoms with Crippen LogP contribution in [0.15, 0.2) is 5.03 Å². The molecule has 0 aliphatic heterocycles. The zero-order valence-electron chi connectivity index (χ0n) is 14.9. The molecule has 0 radical (unpaired) electrons. The third-order valence-corrected chi connectivity index (χ3v) is 4.25. The van der Waals surface area contributed by atoms with Crippen LogP contribution in [0.25, 0.3) is 0 Å². The van der Waals surface area contributed by atoms with Gasteiger partial charge >= 0.3 is 0 Å². The molecule has 4 nitrogen and oxygen atoms in total. The van der Waals surface area contributed by atoms with E-state index in [1.807, 2.05) is 13.2 Å². The lowest BCUT2D eigenvalue weighted by Gasteiger charge is -2.17. The van der Waals surface area contributed by atoms with Gasteiger partial charge in [0.25, 0.3) is 5.91 Å². The van der Waals surface area contributed by atoms with Crippen LogP contribution in [-0.2, 0) is 0 Å². The number of aromatic nitrogens is 2. The van der Waals surface area contributed by atoms with Crippen LogP contribution in [0.2, 0.25) is 0 Å². The molecule has 1 aromatic heterocycles. The molecule has 1 unspecified atom stereocenters. The van der Waals surface area contributed by atoms with E-state index in [-0.39, 0.29) is 17.9 Å². The Hall–Kier alpha value is -1.10. The molecule has 1 atom stereocenters. The number of aryl methyl sites for hydroxylation is 1. The van der Waals surface area contributed by atoms with Gasteiger partial charge < -0.3 is 5.32 Å². The number of thioether (sulfide) groups is 1. The van der Waals surface area contributed by atoms with Gasteiger partial charge in [0.15, 0.2) is 0 Å². The van der Waals surface area contributed by atoms with Crippen LogP contribution in [0.5, 0.6) is 0 Å². The lowest BCUT2D eigenvalue weighted by molar-refractivity contribution is 0.0932. The van der Waals surface area contributed by atoms with Gasteiger partial charge in [-0.25, -0.2) is 9.97 Å². The molecule has 0 fully saturated rings. The van der Waals surface area contributed by atoms with Gasteiger partial charge in [0.2, 0.25) is 0 Å². The number of nitrogens with one attached hydrogen (secondary N) is 1. The van der Waals surface area contributed by atoms with Crippen molar-refractivity contribution in [3.63, 3.8) is 0 Å². The predicted octanol–water partition coefficient (Wildman–Crippen LogP) is 4.18. The van der Waals surface area contributed by atoms with Gasteiger partial charge in [0, 0.05) is 12.0 Å². The Kier molecular flexibility index (Phi) is 7.33. The zero-order valence-corrected chi connectivity index (χ0v) is 15.7. The zero-order chi connectivity index (χ0) is 16.9. The highest BCUT2D eigenvalue weighted by Gasteiger charge is 2.20. The molecule has 1 aromatic rings. The van der Waals surface area contributed by atoms with Gasteiger partial charge in [-0.15, -0.1) is 11.8 Å². The summed E-state index contributed by atoms with van der Waals surface area (Å²) in [4.78, 5) is 21.6. The highest BCUT2D eigenvalue weighted by Crippen LogP contribution is 2.23. The van der Waals surface area contributed by atoms with E-state index in [0.717, 1.165) is 29.4 Å². The number of carbonyl (C=O) groups is 1. The molecular formula is C17H29N3OS. The minimum atomic E-state index is -0.0617. The Morgan fingerprint density at radius 2 is 1.77 bits per heavy atom. The van der Waals surface area contributed by atoms with E-state index < -0.39 is 0 Å². The van der Waals surface area contributed by atoms with Crippen molar-refractivity contribution >= 4 is 17.7 Å². The van der Waals surface area contributed by atoms with E-state index in [9.17, 15) is 4.79 Å². The molecule has 0 aliphatic carbocycles. The Morgan fingerprint density at radius 3 is 2.27 bits per heavy atom. The summed E-state index contributed by atoms with van der Waals surface area (Å²) in [5.74, 6) is 1.64. The highest BCUT2D eigenvalue weighted by atomic mass is 32.2. The number of carbonyl (C=O) groups excluding carboxylic acids is 1. The molecule has 1 rings (SSSR count). The maximum absolute atomic E-state index is 12.6. The van der Waals surface area contributed by atoms with Crippen LogP contribution in [-0.4, -0.2) is 28.2 Å². The van der Waals surface area contributed by atoms with Gasteiger partial charge in [-0.2, -0.15) is 0 Å². The van der Waals surface area contributed by atoms with Gasteiger partial charge in [-0.3, -0.25) is 4.79 Å². The lowest BCUT2D eigenvalue weighted by atomic mass is 10.0. The Balaban J connectivity index is 2.93. The van der Waals surface area contributed by atoms with Crippen molar-refractivity contribution in [2.45, 2.75) is 71.4 Å². The second kappa shape index (κ2) is 8.51. The number of hydrogen-bond donors (Lipinski definition) is 1. The lowest BCUT2D eigenvalue weighted by Crippen LogP contribution is -2.34. The summed E-state index contributed by atoms with van der Waals surface area (Å²) in [6, 6.07) is 0.161. The number of amides is 1. The molecule has 0 spiro atoms. The van der Waals surface area contributed by atoms with Crippen molar-refractivity contribution in [1.82, 2.24) is 15.3 Å². The van der Waals surface area contributed by atoms with E-state index in [2.05, 4.69) is 49.9 Å². The fourth-order valence-corrected chi connectivity index (χ4v) is 2.82. The molecule has 5 heteroatoms. The topological polar surface area (TPSA) is 54.9 Å². The normalized spacial score (nSPS) is 12.8. The molecule has 0 aliphatic rings. The number of hydrogen-bond acceptors (Lipinski definition) is 4. The molecule has 22 heavy (non-hydrogen) atoms. The summed E-state index contributed by atoms with van der Waals surface area (Å²) in [6.45, 7) is 12.5. The van der Waals surface area contributed by atoms with E-state index >= 15 is 0 Å². The molecule has 1 N–H and O–H groups in total. The predicted molar refractivity (Wildman–Crippen MR) is 93.6 cm³/mol. The van der Waals surface area contributed by atoms with Crippen LogP contribution in [0.4, 0.5) is 0 Å². The molecule has 0 saturated carbocycles. The number of rotatable bonds is 7. The third kappa shape index (κ3) is 5.27. The summed E-state index contributed by atoms with van der Waals surface area (Å²) < 4.78 is 0. The summed E-state index contributed by atoms with van der Waals surface area (Å²) in [5.41, 5.74) is 1.38. The fourth-order valence-electron chi connectivity index (χ4n) is 2.19. The average Bonchev–Trinajstić information content (AvgIpc) is 2.43. The van der Waals surface area contributed by atoms with Crippen molar-refractivity contribution in [2.75, 3.05) is 6.26 Å². The van der Waals surface area contributed by atoms with Crippen molar-refractivity contribution in [2.24, 2.45) is 5.92 Å². The van der Waals surface area contributed by atoms with Gasteiger partial charge in [0.05, 0.1) is 11.3 Å². The second-order valence-corrected chi connectivity index (χ2v) is 7.35. The molecular weight excluding hydrogens is 294 g/mol. The van der Waals surface area contributed by atoms with E-state index in [1.165, 1.54) is 11.8 Å². The molecule has 0 aromatic carbocycles. The van der Waals surface area contributed by atoms with Crippen molar-refractivity contribution in [1.29, 1.82) is 0 Å². The van der Waals surface area contributed by atoms with Crippen LogP contribution in [0.1, 0.15) is 75.3 Å². The largest absolute Gasteiger partial charge is 0.349 e. The van der Waals surface area contributed by atoms with Crippen molar-refractivity contribution in [3.05, 3.63) is 17.1 Å². The van der Waals surface area contributed by atoms with Crippen LogP contribution < -0.4 is 5.32 Å². The van der Waals surface area contributed by atoms with Gasteiger partial charge in [0.1, 0.15) is 10.9 Å². The minimum Gasteiger partial charge on any atom is -0.349 e. The van der Waals surface area contributed by atoms with Gasteiger partial charge in [-0.1, -0.05) is 27.7 Å². The highest BCUT2D eigenvalue weighted by molar-refractivity contribution is 7.98. The van der Waals surface area contributed by atoms with E-state index in [4.69, 9.17) is 0 Å². The van der Waals surface area contributed by atoms with Crippen molar-refractivity contribution in [3.8, 4) is 0 Å². The molecule has 0 bridgehead atoms. The smallest absolute Gasteiger partial charge is 0.256 e. The fraction of sp³-hybridized carbons (Fsp3) is 0.706. The maximum Gasteiger partial charge on any atom is 0.256 e. The monoisotopic (exact) mass is 323 g/mol.